The van der Waals surface area contributed by atoms with Gasteiger partial charge < -0.3 is 10.5 Å². The first-order chi connectivity index (χ1) is 9.67. The number of rotatable bonds is 4. The molecule has 1 atom stereocenters. The van der Waals surface area contributed by atoms with E-state index >= 15 is 0 Å². The number of aromatic amines is 1. The molecule has 0 amide bonds. The van der Waals surface area contributed by atoms with Gasteiger partial charge in [0, 0.05) is 17.4 Å². The van der Waals surface area contributed by atoms with Crippen LogP contribution >= 0.6 is 0 Å². The standard InChI is InChI=1S/C14H17N5O/c1-3-12(20-11-6-4-10(15)5-7-11)14-17-16-13-8-9(2)18-19(13)14/h4-8,12,18H,3,15H2,1-2H3. The van der Waals surface area contributed by atoms with Crippen LogP contribution in [0.25, 0.3) is 5.65 Å². The maximum atomic E-state index is 5.98. The van der Waals surface area contributed by atoms with E-state index in [-0.39, 0.29) is 6.10 Å². The number of hydrogen-bond acceptors (Lipinski definition) is 4. The van der Waals surface area contributed by atoms with E-state index in [4.69, 9.17) is 10.5 Å². The zero-order valence-electron chi connectivity index (χ0n) is 11.5. The van der Waals surface area contributed by atoms with Crippen LogP contribution in [0, 0.1) is 6.92 Å². The first-order valence-electron chi connectivity index (χ1n) is 6.60. The van der Waals surface area contributed by atoms with Crippen LogP contribution in [-0.2, 0) is 0 Å². The highest BCUT2D eigenvalue weighted by Gasteiger charge is 2.19. The molecule has 2 heterocycles. The Morgan fingerprint density at radius 2 is 2.05 bits per heavy atom. The third-order valence-electron chi connectivity index (χ3n) is 3.16. The summed E-state index contributed by atoms with van der Waals surface area (Å²) in [4.78, 5) is 0. The van der Waals surface area contributed by atoms with Crippen LogP contribution in [0.2, 0.25) is 0 Å². The minimum Gasteiger partial charge on any atom is -0.482 e. The second-order valence-corrected chi connectivity index (χ2v) is 4.77. The summed E-state index contributed by atoms with van der Waals surface area (Å²) in [6.07, 6.45) is 0.634. The van der Waals surface area contributed by atoms with Gasteiger partial charge in [0.15, 0.2) is 17.6 Å². The van der Waals surface area contributed by atoms with Crippen molar-refractivity contribution in [3.05, 3.63) is 41.9 Å². The van der Waals surface area contributed by atoms with E-state index in [0.29, 0.717) is 0 Å². The molecule has 0 saturated heterocycles. The van der Waals surface area contributed by atoms with Crippen LogP contribution in [0.4, 0.5) is 5.69 Å². The van der Waals surface area contributed by atoms with Gasteiger partial charge in [-0.1, -0.05) is 6.92 Å². The lowest BCUT2D eigenvalue weighted by Gasteiger charge is -2.15. The smallest absolute Gasteiger partial charge is 0.193 e. The van der Waals surface area contributed by atoms with E-state index < -0.39 is 0 Å². The van der Waals surface area contributed by atoms with Gasteiger partial charge in [0.25, 0.3) is 0 Å². The summed E-state index contributed by atoms with van der Waals surface area (Å²) in [5.41, 5.74) is 8.24. The Morgan fingerprint density at radius 3 is 2.75 bits per heavy atom. The molecule has 0 aliphatic heterocycles. The lowest BCUT2D eigenvalue weighted by Crippen LogP contribution is -2.11. The number of H-pyrrole nitrogens is 1. The summed E-state index contributed by atoms with van der Waals surface area (Å²) in [6.45, 7) is 4.04. The third-order valence-corrected chi connectivity index (χ3v) is 3.16. The Labute approximate surface area is 116 Å². The van der Waals surface area contributed by atoms with Gasteiger partial charge in [-0.15, -0.1) is 10.2 Å². The summed E-state index contributed by atoms with van der Waals surface area (Å²) in [5, 5.41) is 11.6. The van der Waals surface area contributed by atoms with Crippen molar-refractivity contribution in [1.29, 1.82) is 0 Å². The number of ether oxygens (including phenoxy) is 1. The van der Waals surface area contributed by atoms with Crippen molar-refractivity contribution >= 4 is 11.3 Å². The molecule has 0 spiro atoms. The molecule has 0 radical (unpaired) electrons. The second-order valence-electron chi connectivity index (χ2n) is 4.77. The normalized spacial score (nSPS) is 12.7. The number of benzene rings is 1. The maximum absolute atomic E-state index is 5.98. The first kappa shape index (κ1) is 12.5. The largest absolute Gasteiger partial charge is 0.482 e. The van der Waals surface area contributed by atoms with Crippen molar-refractivity contribution in [2.75, 3.05) is 5.73 Å². The van der Waals surface area contributed by atoms with Crippen LogP contribution in [0.5, 0.6) is 5.75 Å². The Kier molecular flexibility index (Phi) is 3.06. The molecule has 3 aromatic rings. The van der Waals surface area contributed by atoms with Crippen molar-refractivity contribution in [1.82, 2.24) is 19.8 Å². The molecular weight excluding hydrogens is 254 g/mol. The fourth-order valence-electron chi connectivity index (χ4n) is 2.16. The van der Waals surface area contributed by atoms with E-state index in [9.17, 15) is 0 Å². The van der Waals surface area contributed by atoms with E-state index in [1.54, 1.807) is 0 Å². The monoisotopic (exact) mass is 271 g/mol. The fraction of sp³-hybridized carbons (Fsp3) is 0.286. The maximum Gasteiger partial charge on any atom is 0.193 e. The Hall–Kier alpha value is -2.50. The molecule has 0 bridgehead atoms. The second kappa shape index (κ2) is 4.88. The molecule has 1 unspecified atom stereocenters. The molecule has 6 nitrogen and oxygen atoms in total. The molecular formula is C14H17N5O. The van der Waals surface area contributed by atoms with Crippen LogP contribution < -0.4 is 10.5 Å². The van der Waals surface area contributed by atoms with Crippen molar-refractivity contribution in [2.45, 2.75) is 26.4 Å². The zero-order chi connectivity index (χ0) is 14.1. The molecule has 0 fully saturated rings. The Morgan fingerprint density at radius 1 is 1.30 bits per heavy atom. The number of nitrogens with zero attached hydrogens (tertiary/aromatic N) is 3. The first-order valence-corrected chi connectivity index (χ1v) is 6.60. The number of aryl methyl sites for hydroxylation is 1. The van der Waals surface area contributed by atoms with E-state index in [1.807, 2.05) is 41.8 Å². The quantitative estimate of drug-likeness (QED) is 0.714. The lowest BCUT2D eigenvalue weighted by molar-refractivity contribution is 0.188. The summed E-state index contributed by atoms with van der Waals surface area (Å²) < 4.78 is 7.84. The number of fused-ring (bicyclic) bond motifs is 1. The molecule has 0 aliphatic carbocycles. The highest BCUT2D eigenvalue weighted by atomic mass is 16.5. The molecule has 0 saturated carbocycles. The topological polar surface area (TPSA) is 81.2 Å². The van der Waals surface area contributed by atoms with Crippen molar-refractivity contribution < 1.29 is 4.74 Å². The van der Waals surface area contributed by atoms with Crippen LogP contribution in [0.3, 0.4) is 0 Å². The van der Waals surface area contributed by atoms with E-state index in [0.717, 1.165) is 35.0 Å². The number of anilines is 1. The number of hydrogen-bond donors (Lipinski definition) is 2. The van der Waals surface area contributed by atoms with Gasteiger partial charge in [-0.2, -0.15) is 0 Å². The van der Waals surface area contributed by atoms with Gasteiger partial charge in [-0.3, -0.25) is 5.10 Å². The van der Waals surface area contributed by atoms with Crippen molar-refractivity contribution in [3.63, 3.8) is 0 Å². The van der Waals surface area contributed by atoms with E-state index in [2.05, 4.69) is 22.2 Å². The van der Waals surface area contributed by atoms with Gasteiger partial charge in [-0.05, 0) is 37.6 Å². The van der Waals surface area contributed by atoms with Gasteiger partial charge in [0.2, 0.25) is 0 Å². The summed E-state index contributed by atoms with van der Waals surface area (Å²) >= 11 is 0. The SMILES string of the molecule is CCC(Oc1ccc(N)cc1)c1nnc2cc(C)[nH]n12. The molecule has 0 aliphatic rings. The molecule has 3 N–H and O–H groups in total. The zero-order valence-corrected chi connectivity index (χ0v) is 11.5. The molecule has 2 aromatic heterocycles. The predicted octanol–water partition coefficient (Wildman–Crippen LogP) is 2.48. The molecule has 104 valence electrons. The summed E-state index contributed by atoms with van der Waals surface area (Å²) in [6, 6.07) is 9.30. The van der Waals surface area contributed by atoms with Crippen LogP contribution in [0.15, 0.2) is 30.3 Å². The van der Waals surface area contributed by atoms with Gasteiger partial charge in [-0.25, -0.2) is 4.52 Å². The number of nitrogens with one attached hydrogen (secondary N) is 1. The molecule has 6 heteroatoms. The Bertz CT molecular complexity index is 713. The molecule has 3 rings (SSSR count). The molecule has 20 heavy (non-hydrogen) atoms. The number of nitrogens with two attached hydrogens (primary N) is 1. The third kappa shape index (κ3) is 2.20. The van der Waals surface area contributed by atoms with Crippen molar-refractivity contribution in [3.8, 4) is 5.75 Å². The predicted molar refractivity (Wildman–Crippen MR) is 76.6 cm³/mol. The van der Waals surface area contributed by atoms with E-state index in [1.165, 1.54) is 0 Å². The van der Waals surface area contributed by atoms with Gasteiger partial charge >= 0.3 is 0 Å². The number of nitrogen functional groups attached to an aromatic ring is 1. The fourth-order valence-corrected chi connectivity index (χ4v) is 2.16. The van der Waals surface area contributed by atoms with Crippen LogP contribution in [0.1, 0.15) is 31.0 Å². The lowest BCUT2D eigenvalue weighted by atomic mass is 10.2. The minimum atomic E-state index is -0.160. The van der Waals surface area contributed by atoms with Gasteiger partial charge in [0.1, 0.15) is 5.75 Å². The molecule has 1 aromatic carbocycles. The average Bonchev–Trinajstić information content (AvgIpc) is 2.97. The number of aromatic nitrogens is 4. The van der Waals surface area contributed by atoms with Gasteiger partial charge in [0.05, 0.1) is 0 Å². The van der Waals surface area contributed by atoms with Crippen molar-refractivity contribution in [2.24, 2.45) is 0 Å². The summed E-state index contributed by atoms with van der Waals surface area (Å²) in [5.74, 6) is 1.54. The highest BCUT2D eigenvalue weighted by molar-refractivity contribution is 5.42. The Balaban J connectivity index is 1.91. The van der Waals surface area contributed by atoms with Crippen LogP contribution in [-0.4, -0.2) is 19.8 Å². The minimum absolute atomic E-state index is 0.160. The highest BCUT2D eigenvalue weighted by Crippen LogP contribution is 2.24. The summed E-state index contributed by atoms with van der Waals surface area (Å²) in [7, 11) is 0. The average molecular weight is 271 g/mol.